The minimum Gasteiger partial charge on any atom is -0.310 e. The van der Waals surface area contributed by atoms with E-state index in [0.29, 0.717) is 5.92 Å². The lowest BCUT2D eigenvalue weighted by Gasteiger charge is -2.09. The minimum absolute atomic E-state index is 0.701. The molecule has 98 valence electrons. The maximum Gasteiger partial charge on any atom is 0.0679 e. The Hall–Kier alpha value is -1.68. The molecule has 0 bridgehead atoms. The highest BCUT2D eigenvalue weighted by Crippen LogP contribution is 2.42. The first-order valence-corrected chi connectivity index (χ1v) is 7.12. The number of pyridine rings is 1. The van der Waals surface area contributed by atoms with Gasteiger partial charge in [-0.3, -0.25) is 4.98 Å². The third-order valence-electron chi connectivity index (χ3n) is 3.92. The highest BCUT2D eigenvalue weighted by Gasteiger charge is 2.31. The van der Waals surface area contributed by atoms with E-state index in [2.05, 4.69) is 20.1 Å². The third-order valence-corrected chi connectivity index (χ3v) is 3.92. The molecule has 4 heteroatoms. The van der Waals surface area contributed by atoms with E-state index in [4.69, 9.17) is 0 Å². The predicted molar refractivity (Wildman–Crippen MR) is 73.2 cm³/mol. The van der Waals surface area contributed by atoms with Gasteiger partial charge in [0.05, 0.1) is 17.6 Å². The number of hydrogen-bond donors (Lipinski definition) is 1. The first kappa shape index (κ1) is 11.2. The van der Waals surface area contributed by atoms with Crippen molar-refractivity contribution in [1.29, 1.82) is 0 Å². The molecule has 19 heavy (non-hydrogen) atoms. The van der Waals surface area contributed by atoms with E-state index in [-0.39, 0.29) is 0 Å². The normalized spacial score (nSPS) is 18.7. The standard InChI is InChI=1S/C15H18N4/c1-2-11(1)15-12(9-17-13-3-4-13)10-18-19(15)14-5-7-16-8-6-14/h5-8,10-11,13,17H,1-4,9H2. The molecule has 0 unspecified atom stereocenters. The molecule has 0 amide bonds. The number of rotatable bonds is 5. The van der Waals surface area contributed by atoms with Gasteiger partial charge in [-0.1, -0.05) is 0 Å². The molecule has 4 rings (SSSR count). The van der Waals surface area contributed by atoms with E-state index >= 15 is 0 Å². The van der Waals surface area contributed by atoms with Crippen molar-refractivity contribution < 1.29 is 0 Å². The van der Waals surface area contributed by atoms with Crippen LogP contribution in [0.25, 0.3) is 5.69 Å². The van der Waals surface area contributed by atoms with Gasteiger partial charge in [0.2, 0.25) is 0 Å². The number of nitrogens with one attached hydrogen (secondary N) is 1. The van der Waals surface area contributed by atoms with Crippen molar-refractivity contribution in [3.8, 4) is 5.69 Å². The van der Waals surface area contributed by atoms with Crippen LogP contribution in [0.1, 0.15) is 42.9 Å². The summed E-state index contributed by atoms with van der Waals surface area (Å²) in [5.74, 6) is 0.701. The summed E-state index contributed by atoms with van der Waals surface area (Å²) in [7, 11) is 0. The summed E-state index contributed by atoms with van der Waals surface area (Å²) in [5, 5.41) is 8.19. The van der Waals surface area contributed by atoms with Gasteiger partial charge in [0.15, 0.2) is 0 Å². The molecule has 2 heterocycles. The minimum atomic E-state index is 0.701. The van der Waals surface area contributed by atoms with Gasteiger partial charge >= 0.3 is 0 Å². The first-order valence-electron chi connectivity index (χ1n) is 7.12. The van der Waals surface area contributed by atoms with Crippen LogP contribution < -0.4 is 5.32 Å². The van der Waals surface area contributed by atoms with Crippen LogP contribution in [0.4, 0.5) is 0 Å². The van der Waals surface area contributed by atoms with Crippen LogP contribution in [0.5, 0.6) is 0 Å². The molecule has 1 N–H and O–H groups in total. The van der Waals surface area contributed by atoms with E-state index in [1.54, 1.807) is 0 Å². The fraction of sp³-hybridized carbons (Fsp3) is 0.467. The molecule has 2 aliphatic rings. The van der Waals surface area contributed by atoms with Crippen LogP contribution in [0.15, 0.2) is 30.7 Å². The van der Waals surface area contributed by atoms with Gasteiger partial charge in [-0.05, 0) is 37.8 Å². The van der Waals surface area contributed by atoms with E-state index in [9.17, 15) is 0 Å². The monoisotopic (exact) mass is 254 g/mol. The molecule has 2 fully saturated rings. The number of nitrogens with zero attached hydrogens (tertiary/aromatic N) is 3. The van der Waals surface area contributed by atoms with E-state index < -0.39 is 0 Å². The molecule has 0 spiro atoms. The Labute approximate surface area is 112 Å². The molecule has 2 aromatic rings. The Kier molecular flexibility index (Phi) is 2.62. The zero-order valence-corrected chi connectivity index (χ0v) is 10.9. The molecule has 2 aliphatic carbocycles. The van der Waals surface area contributed by atoms with Crippen LogP contribution in [-0.4, -0.2) is 20.8 Å². The fourth-order valence-electron chi connectivity index (χ4n) is 2.55. The average molecular weight is 254 g/mol. The van der Waals surface area contributed by atoms with Crippen molar-refractivity contribution in [1.82, 2.24) is 20.1 Å². The summed E-state index contributed by atoms with van der Waals surface area (Å²) in [6, 6.07) is 4.80. The summed E-state index contributed by atoms with van der Waals surface area (Å²) in [6.07, 6.45) is 10.9. The molecule has 0 saturated heterocycles. The second-order valence-corrected chi connectivity index (χ2v) is 5.60. The van der Waals surface area contributed by atoms with Crippen molar-refractivity contribution in [2.45, 2.75) is 44.2 Å². The van der Waals surface area contributed by atoms with Crippen LogP contribution in [-0.2, 0) is 6.54 Å². The van der Waals surface area contributed by atoms with Crippen molar-refractivity contribution >= 4 is 0 Å². The van der Waals surface area contributed by atoms with Crippen molar-refractivity contribution in [3.05, 3.63) is 42.0 Å². The summed E-state index contributed by atoms with van der Waals surface area (Å²) in [5.41, 5.74) is 3.89. The SMILES string of the molecule is c1cc(-n2ncc(CNC3CC3)c2C2CC2)ccn1. The molecular formula is C15H18N4. The van der Waals surface area contributed by atoms with Gasteiger partial charge in [0.1, 0.15) is 0 Å². The van der Waals surface area contributed by atoms with Crippen molar-refractivity contribution in [2.24, 2.45) is 0 Å². The first-order chi connectivity index (χ1) is 9.42. The Bertz CT molecular complexity index is 567. The van der Waals surface area contributed by atoms with Crippen molar-refractivity contribution in [3.63, 3.8) is 0 Å². The largest absolute Gasteiger partial charge is 0.310 e. The molecule has 0 aromatic carbocycles. The zero-order valence-electron chi connectivity index (χ0n) is 10.9. The van der Waals surface area contributed by atoms with E-state index in [1.807, 2.05) is 30.7 Å². The smallest absolute Gasteiger partial charge is 0.0679 e. The van der Waals surface area contributed by atoms with Gasteiger partial charge in [0, 0.05) is 36.5 Å². The molecule has 2 aromatic heterocycles. The Morgan fingerprint density at radius 3 is 2.63 bits per heavy atom. The van der Waals surface area contributed by atoms with Crippen LogP contribution in [0.3, 0.4) is 0 Å². The van der Waals surface area contributed by atoms with Crippen LogP contribution >= 0.6 is 0 Å². The summed E-state index contributed by atoms with van der Waals surface area (Å²) < 4.78 is 2.10. The lowest BCUT2D eigenvalue weighted by molar-refractivity contribution is 0.679. The Balaban J connectivity index is 1.66. The fourth-order valence-corrected chi connectivity index (χ4v) is 2.55. The second-order valence-electron chi connectivity index (χ2n) is 5.60. The molecule has 2 saturated carbocycles. The summed E-state index contributed by atoms with van der Waals surface area (Å²) in [6.45, 7) is 0.960. The second kappa shape index (κ2) is 4.46. The van der Waals surface area contributed by atoms with E-state index in [1.165, 1.54) is 36.9 Å². The van der Waals surface area contributed by atoms with Crippen molar-refractivity contribution in [2.75, 3.05) is 0 Å². The lowest BCUT2D eigenvalue weighted by Crippen LogP contribution is -2.16. The highest BCUT2D eigenvalue weighted by atomic mass is 15.3. The molecule has 0 aliphatic heterocycles. The van der Waals surface area contributed by atoms with E-state index in [0.717, 1.165) is 18.3 Å². The maximum absolute atomic E-state index is 4.59. The van der Waals surface area contributed by atoms with Gasteiger partial charge in [-0.15, -0.1) is 0 Å². The lowest BCUT2D eigenvalue weighted by atomic mass is 10.1. The quantitative estimate of drug-likeness (QED) is 0.891. The van der Waals surface area contributed by atoms with Crippen LogP contribution in [0, 0.1) is 0 Å². The van der Waals surface area contributed by atoms with Crippen LogP contribution in [0.2, 0.25) is 0 Å². The predicted octanol–water partition coefficient (Wildman–Crippen LogP) is 2.40. The Morgan fingerprint density at radius 1 is 1.16 bits per heavy atom. The number of aromatic nitrogens is 3. The van der Waals surface area contributed by atoms with Gasteiger partial charge in [0.25, 0.3) is 0 Å². The maximum atomic E-state index is 4.59. The average Bonchev–Trinajstić information content (AvgIpc) is 3.37. The zero-order chi connectivity index (χ0) is 12.7. The third kappa shape index (κ3) is 2.28. The molecular weight excluding hydrogens is 236 g/mol. The topological polar surface area (TPSA) is 42.7 Å². The van der Waals surface area contributed by atoms with Gasteiger partial charge in [-0.2, -0.15) is 5.10 Å². The van der Waals surface area contributed by atoms with Gasteiger partial charge < -0.3 is 5.32 Å². The molecule has 0 atom stereocenters. The number of hydrogen-bond acceptors (Lipinski definition) is 3. The Morgan fingerprint density at radius 2 is 1.95 bits per heavy atom. The summed E-state index contributed by atoms with van der Waals surface area (Å²) >= 11 is 0. The highest BCUT2D eigenvalue weighted by molar-refractivity contribution is 5.36. The molecule has 4 nitrogen and oxygen atoms in total. The summed E-state index contributed by atoms with van der Waals surface area (Å²) in [4.78, 5) is 4.08. The van der Waals surface area contributed by atoms with Gasteiger partial charge in [-0.25, -0.2) is 4.68 Å². The molecule has 0 radical (unpaired) electrons.